The molecule has 0 radical (unpaired) electrons. The van der Waals surface area contributed by atoms with Crippen LogP contribution < -0.4 is 15.0 Å². The summed E-state index contributed by atoms with van der Waals surface area (Å²) in [5.41, 5.74) is 2.99. The van der Waals surface area contributed by atoms with Crippen molar-refractivity contribution < 1.29 is 4.74 Å². The number of nitrogens with zero attached hydrogens (tertiary/aromatic N) is 3. The summed E-state index contributed by atoms with van der Waals surface area (Å²) in [6.07, 6.45) is 1.55. The summed E-state index contributed by atoms with van der Waals surface area (Å²) in [5, 5.41) is 4.30. The van der Waals surface area contributed by atoms with E-state index in [0.717, 1.165) is 33.8 Å². The Morgan fingerprint density at radius 3 is 2.45 bits per heavy atom. The molecule has 5 heteroatoms. The number of rotatable bonds is 4. The Morgan fingerprint density at radius 2 is 1.77 bits per heavy atom. The summed E-state index contributed by atoms with van der Waals surface area (Å²) in [6, 6.07) is 14.0. The first-order valence-electron chi connectivity index (χ1n) is 7.00. The smallest absolute Gasteiger partial charge is 0.141 e. The molecule has 0 aliphatic heterocycles. The zero-order valence-corrected chi connectivity index (χ0v) is 12.9. The van der Waals surface area contributed by atoms with Crippen LogP contribution in [0.2, 0.25) is 0 Å². The highest BCUT2D eigenvalue weighted by molar-refractivity contribution is 5.91. The normalized spacial score (nSPS) is 10.5. The molecule has 22 heavy (non-hydrogen) atoms. The minimum Gasteiger partial charge on any atom is -0.497 e. The van der Waals surface area contributed by atoms with Gasteiger partial charge in [0.1, 0.15) is 17.9 Å². The Kier molecular flexibility index (Phi) is 3.78. The van der Waals surface area contributed by atoms with Crippen molar-refractivity contribution in [2.45, 2.75) is 0 Å². The molecule has 0 amide bonds. The fourth-order valence-electron chi connectivity index (χ4n) is 2.24. The van der Waals surface area contributed by atoms with Gasteiger partial charge in [-0.3, -0.25) is 0 Å². The molecule has 0 bridgehead atoms. The molecule has 0 fully saturated rings. The van der Waals surface area contributed by atoms with Gasteiger partial charge < -0.3 is 15.0 Å². The van der Waals surface area contributed by atoms with Gasteiger partial charge in [0.25, 0.3) is 0 Å². The Bertz CT molecular complexity index is 784. The Hall–Kier alpha value is -2.82. The molecule has 0 saturated heterocycles. The summed E-state index contributed by atoms with van der Waals surface area (Å²) in [6.45, 7) is 0. The number of aromatic nitrogens is 2. The lowest BCUT2D eigenvalue weighted by Gasteiger charge is -2.13. The number of hydrogen-bond donors (Lipinski definition) is 1. The van der Waals surface area contributed by atoms with Crippen LogP contribution in [0.15, 0.2) is 48.8 Å². The number of methoxy groups -OCH3 is 1. The van der Waals surface area contributed by atoms with Crippen molar-refractivity contribution in [2.24, 2.45) is 0 Å². The summed E-state index contributed by atoms with van der Waals surface area (Å²) in [5.74, 6) is 1.57. The van der Waals surface area contributed by atoms with Crippen molar-refractivity contribution in [3.8, 4) is 5.75 Å². The van der Waals surface area contributed by atoms with Crippen LogP contribution in [0.3, 0.4) is 0 Å². The van der Waals surface area contributed by atoms with Crippen LogP contribution >= 0.6 is 0 Å². The monoisotopic (exact) mass is 294 g/mol. The molecule has 1 N–H and O–H groups in total. The lowest BCUT2D eigenvalue weighted by Crippen LogP contribution is -2.08. The third-order valence-corrected chi connectivity index (χ3v) is 3.49. The molecule has 0 spiro atoms. The minimum atomic E-state index is 0.783. The molecule has 1 aromatic heterocycles. The van der Waals surface area contributed by atoms with E-state index in [2.05, 4.69) is 32.3 Å². The summed E-state index contributed by atoms with van der Waals surface area (Å²) >= 11 is 0. The second-order valence-corrected chi connectivity index (χ2v) is 5.17. The number of hydrogen-bond acceptors (Lipinski definition) is 5. The number of benzene rings is 2. The van der Waals surface area contributed by atoms with E-state index in [1.807, 2.05) is 44.4 Å². The molecular weight excluding hydrogens is 276 g/mol. The molecule has 1 heterocycles. The molecule has 5 nitrogen and oxygen atoms in total. The largest absolute Gasteiger partial charge is 0.497 e. The first kappa shape index (κ1) is 14.1. The zero-order valence-electron chi connectivity index (χ0n) is 12.9. The van der Waals surface area contributed by atoms with Crippen LogP contribution in [0.1, 0.15) is 0 Å². The molecule has 2 aromatic carbocycles. The first-order chi connectivity index (χ1) is 10.7. The van der Waals surface area contributed by atoms with Gasteiger partial charge in [0, 0.05) is 36.9 Å². The third-order valence-electron chi connectivity index (χ3n) is 3.49. The van der Waals surface area contributed by atoms with Crippen LogP contribution in [0, 0.1) is 0 Å². The van der Waals surface area contributed by atoms with E-state index in [4.69, 9.17) is 4.74 Å². The van der Waals surface area contributed by atoms with Crippen molar-refractivity contribution in [2.75, 3.05) is 31.4 Å². The van der Waals surface area contributed by atoms with Gasteiger partial charge in [-0.25, -0.2) is 9.97 Å². The molecule has 0 atom stereocenters. The Labute approximate surface area is 129 Å². The van der Waals surface area contributed by atoms with Crippen LogP contribution in [-0.4, -0.2) is 31.2 Å². The van der Waals surface area contributed by atoms with Crippen LogP contribution in [0.25, 0.3) is 10.9 Å². The van der Waals surface area contributed by atoms with E-state index >= 15 is 0 Å². The van der Waals surface area contributed by atoms with Crippen LogP contribution in [0.4, 0.5) is 17.2 Å². The molecule has 0 aliphatic carbocycles. The van der Waals surface area contributed by atoms with Crippen molar-refractivity contribution in [3.63, 3.8) is 0 Å². The average Bonchev–Trinajstić information content (AvgIpc) is 2.55. The fourth-order valence-corrected chi connectivity index (χ4v) is 2.24. The number of fused-ring (bicyclic) bond motifs is 1. The van der Waals surface area contributed by atoms with Crippen LogP contribution in [-0.2, 0) is 0 Å². The SMILES string of the molecule is COc1ccc2c(Nc3ccc(N(C)C)cc3)ncnc2c1. The summed E-state index contributed by atoms with van der Waals surface area (Å²) < 4.78 is 5.23. The Morgan fingerprint density at radius 1 is 1.00 bits per heavy atom. The van der Waals surface area contributed by atoms with E-state index < -0.39 is 0 Å². The molecule has 3 aromatic rings. The van der Waals surface area contributed by atoms with E-state index in [1.165, 1.54) is 0 Å². The average molecular weight is 294 g/mol. The molecule has 0 aliphatic rings. The lowest BCUT2D eigenvalue weighted by atomic mass is 10.2. The number of nitrogens with one attached hydrogen (secondary N) is 1. The first-order valence-corrected chi connectivity index (χ1v) is 7.00. The van der Waals surface area contributed by atoms with Gasteiger partial charge in [0.05, 0.1) is 12.6 Å². The molecule has 112 valence electrons. The highest BCUT2D eigenvalue weighted by Gasteiger charge is 2.05. The third kappa shape index (κ3) is 2.79. The summed E-state index contributed by atoms with van der Waals surface area (Å²) in [4.78, 5) is 10.7. The maximum atomic E-state index is 5.23. The minimum absolute atomic E-state index is 0.783. The van der Waals surface area contributed by atoms with Crippen molar-refractivity contribution >= 4 is 28.1 Å². The van der Waals surface area contributed by atoms with E-state index in [1.54, 1.807) is 13.4 Å². The van der Waals surface area contributed by atoms with Crippen molar-refractivity contribution in [1.29, 1.82) is 0 Å². The number of ether oxygens (including phenoxy) is 1. The fraction of sp³-hybridized carbons (Fsp3) is 0.176. The van der Waals surface area contributed by atoms with Gasteiger partial charge in [-0.15, -0.1) is 0 Å². The zero-order chi connectivity index (χ0) is 15.5. The predicted molar refractivity (Wildman–Crippen MR) is 90.1 cm³/mol. The van der Waals surface area contributed by atoms with Gasteiger partial charge in [-0.1, -0.05) is 0 Å². The van der Waals surface area contributed by atoms with Crippen LogP contribution in [0.5, 0.6) is 5.75 Å². The quantitative estimate of drug-likeness (QED) is 0.798. The van der Waals surface area contributed by atoms with Gasteiger partial charge in [-0.2, -0.15) is 0 Å². The highest BCUT2D eigenvalue weighted by Crippen LogP contribution is 2.26. The second-order valence-electron chi connectivity index (χ2n) is 5.17. The maximum absolute atomic E-state index is 5.23. The van der Waals surface area contributed by atoms with Gasteiger partial charge in [0.15, 0.2) is 0 Å². The van der Waals surface area contributed by atoms with Gasteiger partial charge in [-0.05, 0) is 36.4 Å². The van der Waals surface area contributed by atoms with Crippen molar-refractivity contribution in [3.05, 3.63) is 48.8 Å². The molecule has 0 unspecified atom stereocenters. The second kappa shape index (κ2) is 5.89. The summed E-state index contributed by atoms with van der Waals surface area (Å²) in [7, 11) is 5.69. The van der Waals surface area contributed by atoms with E-state index in [9.17, 15) is 0 Å². The van der Waals surface area contributed by atoms with E-state index in [-0.39, 0.29) is 0 Å². The number of anilines is 3. The molecule has 3 rings (SSSR count). The molecule has 0 saturated carbocycles. The van der Waals surface area contributed by atoms with Gasteiger partial charge in [0.2, 0.25) is 0 Å². The topological polar surface area (TPSA) is 50.3 Å². The highest BCUT2D eigenvalue weighted by atomic mass is 16.5. The molecular formula is C17H18N4O. The predicted octanol–water partition coefficient (Wildman–Crippen LogP) is 3.45. The lowest BCUT2D eigenvalue weighted by molar-refractivity contribution is 0.415. The Balaban J connectivity index is 1.93. The maximum Gasteiger partial charge on any atom is 0.141 e. The van der Waals surface area contributed by atoms with Crippen molar-refractivity contribution in [1.82, 2.24) is 9.97 Å². The standard InChI is InChI=1S/C17H18N4O/c1-21(2)13-6-4-12(5-7-13)20-17-15-9-8-14(22-3)10-16(15)18-11-19-17/h4-11H,1-3H3,(H,18,19,20). The van der Waals surface area contributed by atoms with E-state index in [0.29, 0.717) is 0 Å². The van der Waals surface area contributed by atoms with Gasteiger partial charge >= 0.3 is 0 Å².